The van der Waals surface area contributed by atoms with E-state index in [0.717, 1.165) is 19.7 Å². The Kier molecular flexibility index (Phi) is 3.44. The average Bonchev–Trinajstić information content (AvgIpc) is 2.25. The lowest BCUT2D eigenvalue weighted by Gasteiger charge is -2.25. The van der Waals surface area contributed by atoms with Gasteiger partial charge in [-0.3, -0.25) is 0 Å². The number of halogens is 1. The summed E-state index contributed by atoms with van der Waals surface area (Å²) in [6.45, 7) is 6.94. The Bertz CT molecular complexity index is 359. The summed E-state index contributed by atoms with van der Waals surface area (Å²) >= 11 is 3.55. The lowest BCUT2D eigenvalue weighted by atomic mass is 10.00. The zero-order valence-corrected chi connectivity index (χ0v) is 10.7. The van der Waals surface area contributed by atoms with Gasteiger partial charge in [-0.05, 0) is 36.6 Å². The van der Waals surface area contributed by atoms with Crippen molar-refractivity contribution in [2.24, 2.45) is 0 Å². The van der Waals surface area contributed by atoms with Gasteiger partial charge in [-0.2, -0.15) is 0 Å². The fourth-order valence-electron chi connectivity index (χ4n) is 1.92. The van der Waals surface area contributed by atoms with Crippen molar-refractivity contribution >= 4 is 15.9 Å². The van der Waals surface area contributed by atoms with E-state index in [-0.39, 0.29) is 6.10 Å². The van der Waals surface area contributed by atoms with E-state index in [2.05, 4.69) is 47.2 Å². The van der Waals surface area contributed by atoms with Crippen molar-refractivity contribution in [3.63, 3.8) is 0 Å². The number of hydrogen-bond donors (Lipinski definition) is 1. The first-order valence-corrected chi connectivity index (χ1v) is 6.07. The van der Waals surface area contributed by atoms with Crippen LogP contribution in [0.3, 0.4) is 0 Å². The monoisotopic (exact) mass is 269 g/mol. The standard InChI is InChI=1S/C12H16BrNO/c1-8-6-11(13)9(2)5-10(8)12-7-14-3-4-15-12/h5-6,12,14H,3-4,7H2,1-2H3. The molecule has 0 aliphatic carbocycles. The van der Waals surface area contributed by atoms with Crippen LogP contribution < -0.4 is 5.32 Å². The van der Waals surface area contributed by atoms with Crippen molar-refractivity contribution in [3.05, 3.63) is 33.3 Å². The molecule has 1 aliphatic heterocycles. The minimum Gasteiger partial charge on any atom is -0.371 e. The van der Waals surface area contributed by atoms with Gasteiger partial charge in [-0.15, -0.1) is 0 Å². The Labute approximate surface area is 99.1 Å². The summed E-state index contributed by atoms with van der Waals surface area (Å²) < 4.78 is 6.94. The highest BCUT2D eigenvalue weighted by molar-refractivity contribution is 9.10. The van der Waals surface area contributed by atoms with E-state index in [1.807, 2.05) is 0 Å². The van der Waals surface area contributed by atoms with Crippen molar-refractivity contribution in [3.8, 4) is 0 Å². The van der Waals surface area contributed by atoms with Crippen LogP contribution in [0.4, 0.5) is 0 Å². The largest absolute Gasteiger partial charge is 0.371 e. The first-order valence-electron chi connectivity index (χ1n) is 5.27. The van der Waals surface area contributed by atoms with E-state index in [1.165, 1.54) is 21.2 Å². The lowest BCUT2D eigenvalue weighted by Crippen LogP contribution is -2.33. The molecule has 1 atom stereocenters. The highest BCUT2D eigenvalue weighted by atomic mass is 79.9. The summed E-state index contributed by atoms with van der Waals surface area (Å²) in [6.07, 6.45) is 0.213. The van der Waals surface area contributed by atoms with Crippen LogP contribution in [0.2, 0.25) is 0 Å². The summed E-state index contributed by atoms with van der Waals surface area (Å²) in [6, 6.07) is 4.39. The zero-order valence-electron chi connectivity index (χ0n) is 9.14. The van der Waals surface area contributed by atoms with Crippen LogP contribution in [-0.2, 0) is 4.74 Å². The van der Waals surface area contributed by atoms with Gasteiger partial charge in [0.1, 0.15) is 0 Å². The van der Waals surface area contributed by atoms with Crippen molar-refractivity contribution in [2.45, 2.75) is 20.0 Å². The molecule has 2 rings (SSSR count). The van der Waals surface area contributed by atoms with Gasteiger partial charge >= 0.3 is 0 Å². The number of rotatable bonds is 1. The van der Waals surface area contributed by atoms with Crippen LogP contribution in [-0.4, -0.2) is 19.7 Å². The first kappa shape index (κ1) is 11.1. The van der Waals surface area contributed by atoms with Crippen LogP contribution in [0.15, 0.2) is 16.6 Å². The molecule has 0 saturated carbocycles. The van der Waals surface area contributed by atoms with Crippen molar-refractivity contribution in [1.82, 2.24) is 5.32 Å². The zero-order chi connectivity index (χ0) is 10.8. The van der Waals surface area contributed by atoms with Crippen LogP contribution in [0, 0.1) is 13.8 Å². The van der Waals surface area contributed by atoms with Crippen molar-refractivity contribution < 1.29 is 4.74 Å². The second-order valence-electron chi connectivity index (χ2n) is 4.02. The van der Waals surface area contributed by atoms with Crippen LogP contribution in [0.25, 0.3) is 0 Å². The van der Waals surface area contributed by atoms with Gasteiger partial charge in [-0.25, -0.2) is 0 Å². The Morgan fingerprint density at radius 1 is 1.33 bits per heavy atom. The molecule has 2 nitrogen and oxygen atoms in total. The maximum Gasteiger partial charge on any atom is 0.0952 e. The third-order valence-corrected chi connectivity index (χ3v) is 3.68. The Morgan fingerprint density at radius 2 is 2.13 bits per heavy atom. The second kappa shape index (κ2) is 4.64. The fraction of sp³-hybridized carbons (Fsp3) is 0.500. The van der Waals surface area contributed by atoms with E-state index < -0.39 is 0 Å². The quantitative estimate of drug-likeness (QED) is 0.847. The van der Waals surface area contributed by atoms with E-state index >= 15 is 0 Å². The number of aryl methyl sites for hydroxylation is 2. The number of hydrogen-bond acceptors (Lipinski definition) is 2. The van der Waals surface area contributed by atoms with Crippen LogP contribution in [0.5, 0.6) is 0 Å². The van der Waals surface area contributed by atoms with Gasteiger partial charge in [0.05, 0.1) is 12.7 Å². The molecule has 1 aromatic carbocycles. The maximum absolute atomic E-state index is 5.76. The molecule has 1 saturated heterocycles. The molecule has 3 heteroatoms. The summed E-state index contributed by atoms with van der Waals surface area (Å²) in [5.74, 6) is 0. The number of morpholine rings is 1. The Hall–Kier alpha value is -0.380. The number of nitrogens with one attached hydrogen (secondary N) is 1. The molecule has 0 bridgehead atoms. The highest BCUT2D eigenvalue weighted by Crippen LogP contribution is 2.27. The molecule has 0 radical (unpaired) electrons. The molecule has 15 heavy (non-hydrogen) atoms. The summed E-state index contributed by atoms with van der Waals surface area (Å²) in [7, 11) is 0. The molecule has 0 spiro atoms. The van der Waals surface area contributed by atoms with Gasteiger partial charge in [0, 0.05) is 17.6 Å². The molecule has 0 aromatic heterocycles. The first-order chi connectivity index (χ1) is 7.18. The van der Waals surface area contributed by atoms with Crippen LogP contribution >= 0.6 is 15.9 Å². The molecule has 1 heterocycles. The predicted octanol–water partition coefficient (Wildman–Crippen LogP) is 2.73. The molecule has 82 valence electrons. The van der Waals surface area contributed by atoms with E-state index in [4.69, 9.17) is 4.74 Å². The van der Waals surface area contributed by atoms with E-state index in [0.29, 0.717) is 0 Å². The van der Waals surface area contributed by atoms with Crippen molar-refractivity contribution in [1.29, 1.82) is 0 Å². The third kappa shape index (κ3) is 2.41. The minimum absolute atomic E-state index is 0.213. The van der Waals surface area contributed by atoms with Crippen molar-refractivity contribution in [2.75, 3.05) is 19.7 Å². The van der Waals surface area contributed by atoms with Gasteiger partial charge < -0.3 is 10.1 Å². The smallest absolute Gasteiger partial charge is 0.0952 e. The number of benzene rings is 1. The molecule has 1 fully saturated rings. The van der Waals surface area contributed by atoms with E-state index in [9.17, 15) is 0 Å². The van der Waals surface area contributed by atoms with Gasteiger partial charge in [0.15, 0.2) is 0 Å². The van der Waals surface area contributed by atoms with Gasteiger partial charge in [-0.1, -0.05) is 22.0 Å². The van der Waals surface area contributed by atoms with Gasteiger partial charge in [0.25, 0.3) is 0 Å². The average molecular weight is 270 g/mol. The summed E-state index contributed by atoms with van der Waals surface area (Å²) in [4.78, 5) is 0. The lowest BCUT2D eigenvalue weighted by molar-refractivity contribution is 0.0273. The topological polar surface area (TPSA) is 21.3 Å². The Balaban J connectivity index is 2.30. The molecule has 1 N–H and O–H groups in total. The molecular formula is C12H16BrNO. The second-order valence-corrected chi connectivity index (χ2v) is 4.88. The molecule has 0 amide bonds. The molecule has 1 unspecified atom stereocenters. The fourth-order valence-corrected chi connectivity index (χ4v) is 2.37. The van der Waals surface area contributed by atoms with Gasteiger partial charge in [0.2, 0.25) is 0 Å². The Morgan fingerprint density at radius 3 is 2.80 bits per heavy atom. The summed E-state index contributed by atoms with van der Waals surface area (Å²) in [5, 5.41) is 3.36. The normalized spacial score (nSPS) is 21.7. The van der Waals surface area contributed by atoms with E-state index in [1.54, 1.807) is 0 Å². The number of ether oxygens (including phenoxy) is 1. The molecule has 1 aliphatic rings. The minimum atomic E-state index is 0.213. The van der Waals surface area contributed by atoms with Crippen LogP contribution in [0.1, 0.15) is 22.8 Å². The third-order valence-electron chi connectivity index (χ3n) is 2.82. The summed E-state index contributed by atoms with van der Waals surface area (Å²) in [5.41, 5.74) is 3.87. The predicted molar refractivity (Wildman–Crippen MR) is 65.2 cm³/mol. The SMILES string of the molecule is Cc1cc(C2CNCCO2)c(C)cc1Br. The maximum atomic E-state index is 5.76. The highest BCUT2D eigenvalue weighted by Gasteiger charge is 2.18. The molecular weight excluding hydrogens is 254 g/mol. The molecule has 1 aromatic rings.